The van der Waals surface area contributed by atoms with Crippen molar-refractivity contribution >= 4 is 27.4 Å². The second-order valence-electron chi connectivity index (χ2n) is 4.34. The Kier molecular flexibility index (Phi) is 2.84. The molecule has 0 aliphatic carbocycles. The van der Waals surface area contributed by atoms with Gasteiger partial charge in [-0.15, -0.1) is 0 Å². The maximum absolute atomic E-state index is 4.50. The molecule has 2 nitrogen and oxygen atoms in total. The summed E-state index contributed by atoms with van der Waals surface area (Å²) in [5.74, 6) is 0. The van der Waals surface area contributed by atoms with Gasteiger partial charge in [0.15, 0.2) is 0 Å². The van der Waals surface area contributed by atoms with Gasteiger partial charge in [-0.3, -0.25) is 9.97 Å². The number of rotatable bonds is 2. The zero-order valence-electron chi connectivity index (χ0n) is 10.8. The van der Waals surface area contributed by atoms with Gasteiger partial charge in [-0.1, -0.05) is 36.9 Å². The van der Waals surface area contributed by atoms with Gasteiger partial charge >= 0.3 is 0 Å². The molecule has 0 N–H and O–H groups in total. The molecule has 19 heavy (non-hydrogen) atoms. The van der Waals surface area contributed by atoms with E-state index in [1.54, 1.807) is 6.20 Å². The quantitative estimate of drug-likeness (QED) is 0.495. The predicted molar refractivity (Wildman–Crippen MR) is 80.9 cm³/mol. The van der Waals surface area contributed by atoms with Gasteiger partial charge in [0.2, 0.25) is 0 Å². The number of benzene rings is 1. The summed E-state index contributed by atoms with van der Waals surface area (Å²) in [6, 6.07) is 10.2. The predicted octanol–water partition coefficient (Wildman–Crippen LogP) is 4.37. The zero-order valence-corrected chi connectivity index (χ0v) is 10.8. The zero-order chi connectivity index (χ0) is 13.2. The van der Waals surface area contributed by atoms with E-state index in [1.165, 1.54) is 0 Å². The molecule has 0 radical (unpaired) electrons. The second-order valence-corrected chi connectivity index (χ2v) is 4.34. The van der Waals surface area contributed by atoms with E-state index in [2.05, 4.69) is 40.8 Å². The lowest BCUT2D eigenvalue weighted by molar-refractivity contribution is 1.37. The van der Waals surface area contributed by atoms with Crippen molar-refractivity contribution in [1.82, 2.24) is 9.97 Å². The number of nitrogens with zero attached hydrogens (tertiary/aromatic N) is 2. The standard InChI is InChI=1S/C17H14N2/c1-3-12(4-2)14-9-11-19-17-15(14)8-7-13-6-5-10-18-16(13)17/h3-11H,1H2,2H3/b12-4+. The van der Waals surface area contributed by atoms with Crippen molar-refractivity contribution in [3.8, 4) is 0 Å². The van der Waals surface area contributed by atoms with E-state index in [-0.39, 0.29) is 0 Å². The summed E-state index contributed by atoms with van der Waals surface area (Å²) in [5.41, 5.74) is 4.15. The molecule has 2 heterocycles. The smallest absolute Gasteiger partial charge is 0.0970 e. The molecule has 1 aromatic carbocycles. The Morgan fingerprint density at radius 1 is 1.05 bits per heavy atom. The van der Waals surface area contributed by atoms with E-state index in [0.29, 0.717) is 0 Å². The molecule has 0 unspecified atom stereocenters. The van der Waals surface area contributed by atoms with Crippen LogP contribution < -0.4 is 0 Å². The maximum atomic E-state index is 4.50. The van der Waals surface area contributed by atoms with Crippen LogP contribution in [0.2, 0.25) is 0 Å². The Morgan fingerprint density at radius 3 is 2.68 bits per heavy atom. The monoisotopic (exact) mass is 246 g/mol. The van der Waals surface area contributed by atoms with Crippen molar-refractivity contribution in [1.29, 1.82) is 0 Å². The molecule has 0 fully saturated rings. The minimum absolute atomic E-state index is 0.941. The molecular formula is C17H14N2. The molecule has 0 saturated heterocycles. The van der Waals surface area contributed by atoms with E-state index >= 15 is 0 Å². The Labute approximate surface area is 112 Å². The maximum Gasteiger partial charge on any atom is 0.0970 e. The van der Waals surface area contributed by atoms with Gasteiger partial charge in [-0.25, -0.2) is 0 Å². The Hall–Kier alpha value is -2.48. The van der Waals surface area contributed by atoms with Gasteiger partial charge in [0.1, 0.15) is 0 Å². The minimum atomic E-state index is 0.941. The van der Waals surface area contributed by atoms with Crippen molar-refractivity contribution in [3.05, 3.63) is 67.0 Å². The lowest BCUT2D eigenvalue weighted by Gasteiger charge is -2.08. The average molecular weight is 246 g/mol. The summed E-state index contributed by atoms with van der Waals surface area (Å²) in [5, 5.41) is 2.22. The van der Waals surface area contributed by atoms with Crippen LogP contribution in [0.3, 0.4) is 0 Å². The van der Waals surface area contributed by atoms with Gasteiger partial charge < -0.3 is 0 Å². The lowest BCUT2D eigenvalue weighted by atomic mass is 10.00. The second kappa shape index (κ2) is 4.65. The van der Waals surface area contributed by atoms with Crippen molar-refractivity contribution in [2.75, 3.05) is 0 Å². The first-order chi connectivity index (χ1) is 9.35. The first kappa shape index (κ1) is 11.6. The highest BCUT2D eigenvalue weighted by molar-refractivity contribution is 6.06. The third kappa shape index (κ3) is 1.82. The highest BCUT2D eigenvalue weighted by atomic mass is 14.7. The van der Waals surface area contributed by atoms with Crippen molar-refractivity contribution in [3.63, 3.8) is 0 Å². The Balaban J connectivity index is 2.45. The summed E-state index contributed by atoms with van der Waals surface area (Å²) in [4.78, 5) is 8.95. The number of hydrogen-bond acceptors (Lipinski definition) is 2. The molecule has 2 heteroatoms. The van der Waals surface area contributed by atoms with Crippen LogP contribution in [0, 0.1) is 0 Å². The summed E-state index contributed by atoms with van der Waals surface area (Å²) < 4.78 is 0. The Bertz CT molecular complexity index is 801. The van der Waals surface area contributed by atoms with Crippen LogP contribution in [-0.4, -0.2) is 9.97 Å². The van der Waals surface area contributed by atoms with E-state index in [4.69, 9.17) is 0 Å². The molecular weight excluding hydrogens is 232 g/mol. The van der Waals surface area contributed by atoms with Crippen LogP contribution in [0.15, 0.2) is 61.5 Å². The molecule has 2 aromatic heterocycles. The number of fused-ring (bicyclic) bond motifs is 3. The topological polar surface area (TPSA) is 25.8 Å². The van der Waals surface area contributed by atoms with Crippen LogP contribution in [-0.2, 0) is 0 Å². The van der Waals surface area contributed by atoms with Gasteiger partial charge in [-0.05, 0) is 30.2 Å². The van der Waals surface area contributed by atoms with Crippen LogP contribution in [0.1, 0.15) is 12.5 Å². The molecule has 3 rings (SSSR count). The van der Waals surface area contributed by atoms with E-state index in [0.717, 1.165) is 32.9 Å². The van der Waals surface area contributed by atoms with Gasteiger partial charge in [-0.2, -0.15) is 0 Å². The molecule has 0 saturated carbocycles. The van der Waals surface area contributed by atoms with Crippen molar-refractivity contribution < 1.29 is 0 Å². The molecule has 0 spiro atoms. The van der Waals surface area contributed by atoms with Gasteiger partial charge in [0, 0.05) is 23.2 Å². The van der Waals surface area contributed by atoms with E-state index in [9.17, 15) is 0 Å². The van der Waals surface area contributed by atoms with Crippen LogP contribution in [0.25, 0.3) is 27.4 Å². The first-order valence-electron chi connectivity index (χ1n) is 6.26. The molecule has 0 aliphatic rings. The number of aromatic nitrogens is 2. The average Bonchev–Trinajstić information content (AvgIpc) is 2.48. The molecule has 92 valence electrons. The molecule has 3 aromatic rings. The normalized spacial score (nSPS) is 11.9. The lowest BCUT2D eigenvalue weighted by Crippen LogP contribution is -1.89. The largest absolute Gasteiger partial charge is 0.254 e. The number of pyridine rings is 2. The van der Waals surface area contributed by atoms with Crippen LogP contribution in [0.5, 0.6) is 0 Å². The highest BCUT2D eigenvalue weighted by Gasteiger charge is 2.07. The third-order valence-electron chi connectivity index (χ3n) is 3.32. The molecule has 0 bridgehead atoms. The fourth-order valence-corrected chi connectivity index (χ4v) is 2.39. The van der Waals surface area contributed by atoms with Crippen molar-refractivity contribution in [2.24, 2.45) is 0 Å². The van der Waals surface area contributed by atoms with Crippen molar-refractivity contribution in [2.45, 2.75) is 6.92 Å². The number of allylic oxidation sites excluding steroid dienone is 3. The summed E-state index contributed by atoms with van der Waals surface area (Å²) in [7, 11) is 0. The summed E-state index contributed by atoms with van der Waals surface area (Å²) >= 11 is 0. The molecule has 0 amide bonds. The first-order valence-corrected chi connectivity index (χ1v) is 6.26. The fourth-order valence-electron chi connectivity index (χ4n) is 2.39. The van der Waals surface area contributed by atoms with Crippen LogP contribution in [0.4, 0.5) is 0 Å². The van der Waals surface area contributed by atoms with Gasteiger partial charge in [0.25, 0.3) is 0 Å². The van der Waals surface area contributed by atoms with Gasteiger partial charge in [0.05, 0.1) is 11.0 Å². The molecule has 0 atom stereocenters. The third-order valence-corrected chi connectivity index (χ3v) is 3.32. The van der Waals surface area contributed by atoms with E-state index < -0.39 is 0 Å². The summed E-state index contributed by atoms with van der Waals surface area (Å²) in [6.45, 7) is 5.89. The highest BCUT2D eigenvalue weighted by Crippen LogP contribution is 2.28. The number of hydrogen-bond donors (Lipinski definition) is 0. The Morgan fingerprint density at radius 2 is 1.89 bits per heavy atom. The van der Waals surface area contributed by atoms with E-state index in [1.807, 2.05) is 31.3 Å². The molecule has 0 aliphatic heterocycles. The fraction of sp³-hybridized carbons (Fsp3) is 0.0588. The SMILES string of the molecule is C=C/C(=C\C)c1ccnc2c1ccc1cccnc12. The van der Waals surface area contributed by atoms with Crippen LogP contribution >= 0.6 is 0 Å². The summed E-state index contributed by atoms with van der Waals surface area (Å²) in [6.07, 6.45) is 7.57. The minimum Gasteiger partial charge on any atom is -0.254 e.